The van der Waals surface area contributed by atoms with Gasteiger partial charge in [0.05, 0.1) is 4.90 Å². The lowest BCUT2D eigenvalue weighted by molar-refractivity contribution is -0.177. The van der Waals surface area contributed by atoms with Crippen LogP contribution in [0.2, 0.25) is 0 Å². The quantitative estimate of drug-likeness (QED) is 0.456. The molecule has 1 atom stereocenters. The van der Waals surface area contributed by atoms with Crippen LogP contribution in [-0.4, -0.2) is 42.6 Å². The molecule has 2 aromatic rings. The molecule has 1 saturated heterocycles. The Bertz CT molecular complexity index is 1120. The van der Waals surface area contributed by atoms with Crippen molar-refractivity contribution in [3.8, 4) is 11.1 Å². The third-order valence-electron chi connectivity index (χ3n) is 4.86. The van der Waals surface area contributed by atoms with Crippen LogP contribution >= 0.6 is 0 Å². The highest BCUT2D eigenvalue weighted by atomic mass is 32.2. The molecule has 1 aliphatic carbocycles. The van der Waals surface area contributed by atoms with Crippen molar-refractivity contribution in [3.63, 3.8) is 0 Å². The minimum absolute atomic E-state index is 0.0338. The van der Waals surface area contributed by atoms with Crippen LogP contribution in [0.3, 0.4) is 0 Å². The van der Waals surface area contributed by atoms with E-state index in [1.54, 1.807) is 12.1 Å². The predicted molar refractivity (Wildman–Crippen MR) is 97.1 cm³/mol. The molecule has 9 nitrogen and oxygen atoms in total. The number of benzene rings is 2. The van der Waals surface area contributed by atoms with Crippen LogP contribution < -0.4 is 0 Å². The Morgan fingerprint density at radius 2 is 1.69 bits per heavy atom. The van der Waals surface area contributed by atoms with Crippen molar-refractivity contribution in [2.45, 2.75) is 23.7 Å². The summed E-state index contributed by atoms with van der Waals surface area (Å²) in [7, 11) is -4.41. The van der Waals surface area contributed by atoms with Gasteiger partial charge in [0.1, 0.15) is 6.61 Å². The van der Waals surface area contributed by atoms with Gasteiger partial charge in [0, 0.05) is 18.8 Å². The molecule has 1 heterocycles. The monoisotopic (exact) mass is 417 g/mol. The molecule has 0 saturated carbocycles. The van der Waals surface area contributed by atoms with E-state index in [4.69, 9.17) is 4.74 Å². The van der Waals surface area contributed by atoms with Crippen LogP contribution in [0.1, 0.15) is 29.9 Å². The fourth-order valence-electron chi connectivity index (χ4n) is 3.54. The molecule has 2 amide bonds. The summed E-state index contributed by atoms with van der Waals surface area (Å²) in [6, 6.07) is 11.5. The average molecular weight is 417 g/mol. The number of hydrogen-bond donors (Lipinski definition) is 1. The second kappa shape index (κ2) is 6.98. The Hall–Kier alpha value is -3.24. The summed E-state index contributed by atoms with van der Waals surface area (Å²) in [4.78, 5) is 39.4. The number of rotatable bonds is 4. The van der Waals surface area contributed by atoms with E-state index in [0.29, 0.717) is 10.6 Å². The lowest BCUT2D eigenvalue weighted by Gasteiger charge is -2.16. The molecule has 2 aromatic carbocycles. The van der Waals surface area contributed by atoms with Gasteiger partial charge in [-0.2, -0.15) is 8.42 Å². The molecule has 1 aliphatic heterocycles. The van der Waals surface area contributed by atoms with Gasteiger partial charge in [-0.05, 0) is 34.4 Å². The molecule has 10 heteroatoms. The van der Waals surface area contributed by atoms with Gasteiger partial charge < -0.3 is 4.74 Å². The van der Waals surface area contributed by atoms with Crippen LogP contribution in [0.5, 0.6) is 0 Å². The van der Waals surface area contributed by atoms with Crippen molar-refractivity contribution in [3.05, 3.63) is 53.6 Å². The number of amides is 2. The normalized spacial score (nSPS) is 17.8. The zero-order valence-electron chi connectivity index (χ0n) is 14.9. The summed E-state index contributed by atoms with van der Waals surface area (Å²) in [5.74, 6) is -1.76. The second-order valence-corrected chi connectivity index (χ2v) is 8.02. The Balaban J connectivity index is 1.58. The molecule has 0 aromatic heterocycles. The van der Waals surface area contributed by atoms with E-state index in [1.807, 2.05) is 18.2 Å². The predicted octanol–water partition coefficient (Wildman–Crippen LogP) is 2.26. The van der Waals surface area contributed by atoms with E-state index in [-0.39, 0.29) is 24.3 Å². The number of nitrogens with zero attached hydrogens (tertiary/aromatic N) is 1. The number of ether oxygens (including phenoxy) is 1. The van der Waals surface area contributed by atoms with Crippen molar-refractivity contribution in [2.75, 3.05) is 6.61 Å². The number of carbonyl (C=O) groups is 3. The zero-order chi connectivity index (χ0) is 20.8. The van der Waals surface area contributed by atoms with Crippen molar-refractivity contribution in [1.82, 2.24) is 5.06 Å². The highest BCUT2D eigenvalue weighted by Gasteiger charge is 2.35. The van der Waals surface area contributed by atoms with E-state index < -0.39 is 34.0 Å². The van der Waals surface area contributed by atoms with Crippen LogP contribution in [0.15, 0.2) is 47.4 Å². The van der Waals surface area contributed by atoms with Crippen LogP contribution in [0, 0.1) is 0 Å². The van der Waals surface area contributed by atoms with Gasteiger partial charge in [-0.3, -0.25) is 19.0 Å². The summed E-state index contributed by atoms with van der Waals surface area (Å²) in [6.07, 6.45) is -1.28. The number of hydrogen-bond acceptors (Lipinski definition) is 7. The largest absolute Gasteiger partial charge is 0.533 e. The summed E-state index contributed by atoms with van der Waals surface area (Å²) in [5, 5.41) is 0.384. The molecule has 150 valence electrons. The van der Waals surface area contributed by atoms with E-state index in [9.17, 15) is 27.4 Å². The van der Waals surface area contributed by atoms with Gasteiger partial charge in [0.15, 0.2) is 0 Å². The maximum atomic E-state index is 12.0. The van der Waals surface area contributed by atoms with Crippen molar-refractivity contribution < 1.29 is 36.9 Å². The van der Waals surface area contributed by atoms with Gasteiger partial charge in [-0.15, -0.1) is 0 Å². The first-order valence-corrected chi connectivity index (χ1v) is 10.1. The van der Waals surface area contributed by atoms with E-state index in [2.05, 4.69) is 4.84 Å². The average Bonchev–Trinajstić information content (AvgIpc) is 3.17. The van der Waals surface area contributed by atoms with Crippen LogP contribution in [0.4, 0.5) is 4.79 Å². The number of hydroxylamine groups is 2. The fourth-order valence-corrected chi connectivity index (χ4v) is 4.05. The lowest BCUT2D eigenvalue weighted by Crippen LogP contribution is -2.32. The molecule has 0 spiro atoms. The Morgan fingerprint density at radius 1 is 1.03 bits per heavy atom. The van der Waals surface area contributed by atoms with Crippen molar-refractivity contribution in [1.29, 1.82) is 0 Å². The second-order valence-electron chi connectivity index (χ2n) is 6.60. The first-order valence-electron chi connectivity index (χ1n) is 8.67. The van der Waals surface area contributed by atoms with Gasteiger partial charge in [0.25, 0.3) is 21.9 Å². The molecular weight excluding hydrogens is 402 g/mol. The third kappa shape index (κ3) is 3.47. The number of imide groups is 1. The first-order chi connectivity index (χ1) is 13.8. The minimum atomic E-state index is -4.41. The van der Waals surface area contributed by atoms with Gasteiger partial charge in [0.2, 0.25) is 0 Å². The smallest absolute Gasteiger partial charge is 0.432 e. The lowest BCUT2D eigenvalue weighted by atomic mass is 9.98. The highest BCUT2D eigenvalue weighted by molar-refractivity contribution is 7.85. The highest BCUT2D eigenvalue weighted by Crippen LogP contribution is 2.45. The topological polar surface area (TPSA) is 127 Å². The molecule has 0 radical (unpaired) electrons. The van der Waals surface area contributed by atoms with E-state index in [0.717, 1.165) is 16.7 Å². The Morgan fingerprint density at radius 3 is 2.38 bits per heavy atom. The minimum Gasteiger partial charge on any atom is -0.432 e. The van der Waals surface area contributed by atoms with Gasteiger partial charge in [-0.25, -0.2) is 4.79 Å². The van der Waals surface area contributed by atoms with E-state index in [1.165, 1.54) is 12.1 Å². The zero-order valence-corrected chi connectivity index (χ0v) is 15.7. The Kier molecular flexibility index (Phi) is 4.59. The molecular formula is C19H15NO8S. The molecule has 1 fully saturated rings. The molecule has 4 rings (SSSR count). The molecule has 1 unspecified atom stereocenters. The fraction of sp³-hybridized carbons (Fsp3) is 0.211. The van der Waals surface area contributed by atoms with E-state index >= 15 is 0 Å². The van der Waals surface area contributed by atoms with Crippen molar-refractivity contribution >= 4 is 28.1 Å². The standard InChI is InChI=1S/C19H15NO8S/c21-17-7-8-18(22)20(17)28-19(23)27-10-16-13-4-2-1-3-12(13)14-6-5-11(9-15(14)16)29(24,25)26/h1-6,9,16H,7-8,10H2,(H,24,25,26). The summed E-state index contributed by atoms with van der Waals surface area (Å²) < 4.78 is 37.5. The third-order valence-corrected chi connectivity index (χ3v) is 5.71. The molecule has 2 aliphatic rings. The first kappa shape index (κ1) is 19.1. The van der Waals surface area contributed by atoms with Gasteiger partial charge in [-0.1, -0.05) is 35.4 Å². The molecule has 1 N–H and O–H groups in total. The maximum Gasteiger partial charge on any atom is 0.533 e. The molecule has 29 heavy (non-hydrogen) atoms. The van der Waals surface area contributed by atoms with Crippen LogP contribution in [-0.2, 0) is 29.3 Å². The number of carbonyl (C=O) groups excluding carboxylic acids is 3. The summed E-state index contributed by atoms with van der Waals surface area (Å²) >= 11 is 0. The summed E-state index contributed by atoms with van der Waals surface area (Å²) in [5.41, 5.74) is 2.95. The summed E-state index contributed by atoms with van der Waals surface area (Å²) in [6.45, 7) is -0.214. The van der Waals surface area contributed by atoms with Crippen molar-refractivity contribution in [2.24, 2.45) is 0 Å². The maximum absolute atomic E-state index is 12.0. The molecule has 0 bridgehead atoms. The number of fused-ring (bicyclic) bond motifs is 3. The van der Waals surface area contributed by atoms with Gasteiger partial charge >= 0.3 is 6.16 Å². The van der Waals surface area contributed by atoms with Crippen LogP contribution in [0.25, 0.3) is 11.1 Å². The SMILES string of the molecule is O=C(OCC1c2ccccc2-c2ccc(S(=O)(=O)O)cc21)ON1C(=O)CCC1=O. The Labute approximate surface area is 165 Å².